The Balaban J connectivity index is 0.000000157. The van der Waals surface area contributed by atoms with Crippen LogP contribution in [0.25, 0.3) is 43.8 Å². The number of nitrogens with one attached hydrogen (secondary N) is 2. The number of fused-ring (bicyclic) bond motifs is 3. The molecule has 0 bridgehead atoms. The van der Waals surface area contributed by atoms with Gasteiger partial charge in [0.15, 0.2) is 0 Å². The Morgan fingerprint density at radius 2 is 1.42 bits per heavy atom. The zero-order valence-electron chi connectivity index (χ0n) is 16.0. The molecule has 0 saturated carbocycles. The maximum atomic E-state index is 13.3. The normalized spacial score (nSPS) is 11.1. The molecule has 31 heavy (non-hydrogen) atoms. The molecule has 2 aromatic heterocycles. The highest BCUT2D eigenvalue weighted by Crippen LogP contribution is 2.32. The molecule has 6 aromatic rings. The van der Waals surface area contributed by atoms with Crippen molar-refractivity contribution in [2.75, 3.05) is 0 Å². The van der Waals surface area contributed by atoms with Gasteiger partial charge in [-0.3, -0.25) is 10.2 Å². The molecule has 0 saturated heterocycles. The molecule has 0 amide bonds. The van der Waals surface area contributed by atoms with Gasteiger partial charge in [0.05, 0.1) is 11.0 Å². The topological polar surface area (TPSA) is 57.4 Å². The lowest BCUT2D eigenvalue weighted by atomic mass is 10.0. The van der Waals surface area contributed by atoms with E-state index >= 15 is 0 Å². The highest BCUT2D eigenvalue weighted by molar-refractivity contribution is 14.1. The maximum absolute atomic E-state index is 13.3. The van der Waals surface area contributed by atoms with Crippen LogP contribution in [0.15, 0.2) is 78.9 Å². The van der Waals surface area contributed by atoms with E-state index in [9.17, 15) is 8.78 Å². The summed E-state index contributed by atoms with van der Waals surface area (Å²) in [5.41, 5.74) is 3.31. The summed E-state index contributed by atoms with van der Waals surface area (Å²) in [5.74, 6) is -0.508. The van der Waals surface area contributed by atoms with Crippen LogP contribution in [0, 0.1) is 15.3 Å². The summed E-state index contributed by atoms with van der Waals surface area (Å²) in [6.07, 6.45) is 0. The van der Waals surface area contributed by atoms with Crippen molar-refractivity contribution in [2.45, 2.75) is 0 Å². The van der Waals surface area contributed by atoms with Crippen molar-refractivity contribution in [3.63, 3.8) is 0 Å². The molecule has 7 heteroatoms. The fourth-order valence-electron chi connectivity index (χ4n) is 3.58. The van der Waals surface area contributed by atoms with E-state index in [0.717, 1.165) is 31.1 Å². The fourth-order valence-corrected chi connectivity index (χ4v) is 4.16. The molecule has 0 fully saturated rings. The van der Waals surface area contributed by atoms with Crippen LogP contribution in [0.1, 0.15) is 0 Å². The van der Waals surface area contributed by atoms with E-state index in [4.69, 9.17) is 0 Å². The van der Waals surface area contributed by atoms with Gasteiger partial charge in [-0.15, -0.1) is 0 Å². The number of aromatic amines is 2. The van der Waals surface area contributed by atoms with Gasteiger partial charge in [0, 0.05) is 22.4 Å². The standard InChI is InChI=1S/C17H11FN2.C7H4FIN2/c18-12-8-9-15-16(10-12)19-20-17(15)14-7-3-5-11-4-1-2-6-13(11)14;8-4-1-2-5-6(3-4)10-11-7(5)9/h1-10H,(H,19,20);1-3H,(H,10,11). The third-order valence-corrected chi connectivity index (χ3v) is 5.86. The minimum absolute atomic E-state index is 0.250. The van der Waals surface area contributed by atoms with Crippen molar-refractivity contribution in [3.8, 4) is 11.3 Å². The molecule has 0 aliphatic heterocycles. The van der Waals surface area contributed by atoms with Gasteiger partial charge in [0.25, 0.3) is 0 Å². The molecule has 0 aliphatic rings. The monoisotopic (exact) mass is 524 g/mol. The molecular weight excluding hydrogens is 509 g/mol. The van der Waals surface area contributed by atoms with Gasteiger partial charge in [-0.05, 0) is 63.7 Å². The van der Waals surface area contributed by atoms with Crippen LogP contribution in [-0.4, -0.2) is 20.4 Å². The number of halogens is 3. The Labute approximate surface area is 189 Å². The molecular formula is C24H15F2IN4. The average molecular weight is 524 g/mol. The summed E-state index contributed by atoms with van der Waals surface area (Å²) >= 11 is 2.12. The number of hydrogen-bond donors (Lipinski definition) is 2. The average Bonchev–Trinajstić information content (AvgIpc) is 3.36. The van der Waals surface area contributed by atoms with Crippen LogP contribution in [-0.2, 0) is 0 Å². The summed E-state index contributed by atoms with van der Waals surface area (Å²) in [6, 6.07) is 23.6. The predicted molar refractivity (Wildman–Crippen MR) is 128 cm³/mol. The van der Waals surface area contributed by atoms with Crippen molar-refractivity contribution >= 4 is 55.2 Å². The third kappa shape index (κ3) is 3.76. The molecule has 6 rings (SSSR count). The van der Waals surface area contributed by atoms with E-state index in [-0.39, 0.29) is 11.6 Å². The summed E-state index contributed by atoms with van der Waals surface area (Å²) in [7, 11) is 0. The second-order valence-electron chi connectivity index (χ2n) is 6.99. The summed E-state index contributed by atoms with van der Waals surface area (Å²) in [5, 5.41) is 18.2. The van der Waals surface area contributed by atoms with Crippen molar-refractivity contribution < 1.29 is 8.78 Å². The number of hydrogen-bond acceptors (Lipinski definition) is 2. The first-order chi connectivity index (χ1) is 15.1. The lowest BCUT2D eigenvalue weighted by Gasteiger charge is -2.04. The van der Waals surface area contributed by atoms with Crippen molar-refractivity contribution in [2.24, 2.45) is 0 Å². The van der Waals surface area contributed by atoms with E-state index in [1.807, 2.05) is 24.3 Å². The molecule has 0 aliphatic carbocycles. The number of nitrogens with zero attached hydrogens (tertiary/aromatic N) is 2. The molecule has 0 atom stereocenters. The van der Waals surface area contributed by atoms with Gasteiger partial charge in [0.1, 0.15) is 21.0 Å². The minimum atomic E-state index is -0.259. The quantitative estimate of drug-likeness (QED) is 0.232. The van der Waals surface area contributed by atoms with E-state index in [0.29, 0.717) is 11.0 Å². The molecule has 0 radical (unpaired) electrons. The Morgan fingerprint density at radius 1 is 0.677 bits per heavy atom. The first kappa shape index (κ1) is 19.6. The van der Waals surface area contributed by atoms with Crippen LogP contribution >= 0.6 is 22.6 Å². The van der Waals surface area contributed by atoms with Gasteiger partial charge in [0.2, 0.25) is 0 Å². The van der Waals surface area contributed by atoms with Gasteiger partial charge in [-0.25, -0.2) is 8.78 Å². The largest absolute Gasteiger partial charge is 0.277 e. The van der Waals surface area contributed by atoms with Crippen LogP contribution in [0.5, 0.6) is 0 Å². The third-order valence-electron chi connectivity index (χ3n) is 5.04. The zero-order chi connectivity index (χ0) is 21.4. The van der Waals surface area contributed by atoms with Gasteiger partial charge < -0.3 is 0 Å². The second kappa shape index (κ2) is 8.07. The molecule has 2 N–H and O–H groups in total. The van der Waals surface area contributed by atoms with Crippen molar-refractivity contribution in [3.05, 3.63) is 94.2 Å². The van der Waals surface area contributed by atoms with Crippen LogP contribution in [0.3, 0.4) is 0 Å². The van der Waals surface area contributed by atoms with Crippen molar-refractivity contribution in [1.82, 2.24) is 20.4 Å². The Hall–Kier alpha value is -3.33. The summed E-state index contributed by atoms with van der Waals surface area (Å²) < 4.78 is 26.8. The van der Waals surface area contributed by atoms with Gasteiger partial charge in [-0.1, -0.05) is 42.5 Å². The van der Waals surface area contributed by atoms with E-state index < -0.39 is 0 Å². The molecule has 0 spiro atoms. The van der Waals surface area contributed by atoms with Gasteiger partial charge in [-0.2, -0.15) is 10.2 Å². The summed E-state index contributed by atoms with van der Waals surface area (Å²) in [6.45, 7) is 0. The Morgan fingerprint density at radius 3 is 2.29 bits per heavy atom. The molecule has 0 unspecified atom stereocenters. The van der Waals surface area contributed by atoms with E-state index in [1.54, 1.807) is 12.1 Å². The first-order valence-corrected chi connectivity index (χ1v) is 10.6. The minimum Gasteiger partial charge on any atom is -0.277 e. The first-order valence-electron chi connectivity index (χ1n) is 9.51. The Bertz CT molecular complexity index is 1530. The van der Waals surface area contributed by atoms with E-state index in [2.05, 4.69) is 61.2 Å². The predicted octanol–water partition coefficient (Wildman–Crippen LogP) is 6.83. The zero-order valence-corrected chi connectivity index (χ0v) is 18.2. The Kier molecular flexibility index (Phi) is 5.11. The smallest absolute Gasteiger partial charge is 0.125 e. The fraction of sp³-hybridized carbons (Fsp3) is 0. The SMILES string of the molecule is Fc1ccc2c(-c3cccc4ccccc34)n[nH]c2c1.Fc1ccc2c(I)[nH]nc2c1. The molecule has 4 aromatic carbocycles. The molecule has 152 valence electrons. The maximum Gasteiger partial charge on any atom is 0.125 e. The highest BCUT2D eigenvalue weighted by Gasteiger charge is 2.11. The number of aromatic nitrogens is 4. The van der Waals surface area contributed by atoms with E-state index in [1.165, 1.54) is 29.7 Å². The highest BCUT2D eigenvalue weighted by atomic mass is 127. The molecule has 2 heterocycles. The summed E-state index contributed by atoms with van der Waals surface area (Å²) in [4.78, 5) is 0. The van der Waals surface area contributed by atoms with Gasteiger partial charge >= 0.3 is 0 Å². The van der Waals surface area contributed by atoms with Crippen LogP contribution < -0.4 is 0 Å². The lowest BCUT2D eigenvalue weighted by molar-refractivity contribution is 0.629. The van der Waals surface area contributed by atoms with Crippen molar-refractivity contribution in [1.29, 1.82) is 0 Å². The molecule has 4 nitrogen and oxygen atoms in total. The lowest BCUT2D eigenvalue weighted by Crippen LogP contribution is -1.82. The van der Waals surface area contributed by atoms with Crippen LogP contribution in [0.2, 0.25) is 0 Å². The number of H-pyrrole nitrogens is 2. The number of rotatable bonds is 1. The second-order valence-corrected chi connectivity index (χ2v) is 8.07. The van der Waals surface area contributed by atoms with Crippen LogP contribution in [0.4, 0.5) is 8.78 Å². The number of benzene rings is 4.